The molecular formula is C39H66FN5O7S. The number of hydrogen-bond acceptors (Lipinski definition) is 7. The molecule has 5 amide bonds. The van der Waals surface area contributed by atoms with Gasteiger partial charge in [0.15, 0.2) is 9.84 Å². The number of likely N-dealkylation sites (tertiary alicyclic amines) is 1. The second-order valence-electron chi connectivity index (χ2n) is 18.2. The zero-order valence-electron chi connectivity index (χ0n) is 33.2. The van der Waals surface area contributed by atoms with Crippen molar-refractivity contribution in [3.63, 3.8) is 0 Å². The van der Waals surface area contributed by atoms with Crippen LogP contribution < -0.4 is 21.3 Å². The molecule has 1 aliphatic heterocycles. The number of piperidine rings is 1. The van der Waals surface area contributed by atoms with E-state index in [1.54, 1.807) is 25.7 Å². The first kappa shape index (κ1) is 43.0. The Labute approximate surface area is 316 Å². The molecular weight excluding hydrogens is 702 g/mol. The summed E-state index contributed by atoms with van der Waals surface area (Å²) in [6.45, 7) is 13.0. The molecule has 14 heteroatoms. The third-order valence-electron chi connectivity index (χ3n) is 12.8. The van der Waals surface area contributed by atoms with Crippen LogP contribution in [0.25, 0.3) is 0 Å². The largest absolute Gasteiger partial charge is 0.349 e. The van der Waals surface area contributed by atoms with E-state index >= 15 is 0 Å². The molecule has 0 unspecified atom stereocenters. The number of sulfone groups is 1. The summed E-state index contributed by atoms with van der Waals surface area (Å²) < 4.78 is 38.9. The van der Waals surface area contributed by atoms with Crippen molar-refractivity contribution < 1.29 is 36.8 Å². The standard InChI is InChI=1S/C39H66FN5O7S/c1-8-23-41-33(48)30(46)27(17-11-16-22-40)42-32(47)29-28-26(37(28,5)6)24-45(29)34(49)31(38(7)18-12-9-13-19-38)43-35(50)44-39(20-14-10-15-21-39)25-53(51,52)36(2,3)4/h26-29,31H,8-25H2,1-7H3,(H,41,48)(H,42,47)(H2,43,44,50)/t26-,27-,28-,29-,31+/m0/s1. The number of carbonyl (C=O) groups excluding carboxylic acids is 5. The first-order chi connectivity index (χ1) is 24.7. The summed E-state index contributed by atoms with van der Waals surface area (Å²) in [5.74, 6) is -2.89. The number of unbranched alkanes of at least 4 members (excludes halogenated alkanes) is 1. The van der Waals surface area contributed by atoms with Crippen molar-refractivity contribution >= 4 is 39.4 Å². The van der Waals surface area contributed by atoms with Crippen molar-refractivity contribution in [2.45, 2.75) is 167 Å². The van der Waals surface area contributed by atoms with Crippen LogP contribution in [0.5, 0.6) is 0 Å². The smallest absolute Gasteiger partial charge is 0.315 e. The van der Waals surface area contributed by atoms with Crippen molar-refractivity contribution in [2.75, 3.05) is 25.5 Å². The number of hydrogen-bond donors (Lipinski definition) is 4. The highest BCUT2D eigenvalue weighted by Gasteiger charge is 2.70. The van der Waals surface area contributed by atoms with E-state index in [0.29, 0.717) is 45.2 Å². The summed E-state index contributed by atoms with van der Waals surface area (Å²) in [6, 6.07) is -3.68. The first-order valence-electron chi connectivity index (χ1n) is 20.0. The Morgan fingerprint density at radius 2 is 1.49 bits per heavy atom. The molecule has 302 valence electrons. The zero-order valence-corrected chi connectivity index (χ0v) is 34.0. The van der Waals surface area contributed by atoms with Gasteiger partial charge in [-0.15, -0.1) is 0 Å². The lowest BCUT2D eigenvalue weighted by molar-refractivity contribution is -0.146. The molecule has 4 N–H and O–H groups in total. The average molecular weight is 768 g/mol. The topological polar surface area (TPSA) is 171 Å². The highest BCUT2D eigenvalue weighted by atomic mass is 32.2. The van der Waals surface area contributed by atoms with Gasteiger partial charge in [-0.25, -0.2) is 13.2 Å². The molecule has 4 fully saturated rings. The third kappa shape index (κ3) is 9.73. The van der Waals surface area contributed by atoms with Crippen LogP contribution in [-0.4, -0.2) is 96.8 Å². The highest BCUT2D eigenvalue weighted by Crippen LogP contribution is 2.65. The molecule has 4 aliphatic rings. The fraction of sp³-hybridized carbons (Fsp3) is 0.872. The van der Waals surface area contributed by atoms with Crippen LogP contribution in [0.4, 0.5) is 9.18 Å². The van der Waals surface area contributed by atoms with Crippen molar-refractivity contribution in [1.29, 1.82) is 0 Å². The van der Waals surface area contributed by atoms with E-state index in [0.717, 1.165) is 38.5 Å². The van der Waals surface area contributed by atoms with E-state index in [-0.39, 0.29) is 48.2 Å². The maximum Gasteiger partial charge on any atom is 0.315 e. The lowest BCUT2D eigenvalue weighted by Gasteiger charge is -2.44. The van der Waals surface area contributed by atoms with E-state index in [4.69, 9.17) is 0 Å². The Morgan fingerprint density at radius 1 is 0.887 bits per heavy atom. The van der Waals surface area contributed by atoms with Gasteiger partial charge in [0.25, 0.3) is 5.91 Å². The molecule has 3 aliphatic carbocycles. The van der Waals surface area contributed by atoms with Gasteiger partial charge in [-0.2, -0.15) is 0 Å². The number of halogens is 1. The second-order valence-corrected chi connectivity index (χ2v) is 21.0. The maximum atomic E-state index is 14.9. The van der Waals surface area contributed by atoms with Crippen LogP contribution in [0, 0.1) is 22.7 Å². The van der Waals surface area contributed by atoms with Crippen molar-refractivity contribution in [3.8, 4) is 0 Å². The number of nitrogens with zero attached hydrogens (tertiary/aromatic N) is 1. The Kier molecular flexibility index (Phi) is 13.7. The Balaban J connectivity index is 1.62. The molecule has 5 atom stereocenters. The molecule has 53 heavy (non-hydrogen) atoms. The van der Waals surface area contributed by atoms with Crippen LogP contribution in [0.1, 0.15) is 138 Å². The fourth-order valence-corrected chi connectivity index (χ4v) is 10.7. The van der Waals surface area contributed by atoms with Crippen LogP contribution >= 0.6 is 0 Å². The van der Waals surface area contributed by atoms with E-state index in [2.05, 4.69) is 21.3 Å². The molecule has 4 rings (SSSR count). The van der Waals surface area contributed by atoms with Crippen LogP contribution in [0.2, 0.25) is 0 Å². The Morgan fingerprint density at radius 3 is 2.06 bits per heavy atom. The number of alkyl halides is 1. The molecule has 1 saturated heterocycles. The summed E-state index contributed by atoms with van der Waals surface area (Å²) in [5.41, 5.74) is -1.83. The summed E-state index contributed by atoms with van der Waals surface area (Å²) in [6.07, 6.45) is 8.85. The molecule has 0 aromatic rings. The number of amides is 5. The molecule has 3 saturated carbocycles. The predicted octanol–water partition coefficient (Wildman–Crippen LogP) is 4.74. The molecule has 0 spiro atoms. The molecule has 1 heterocycles. The van der Waals surface area contributed by atoms with Gasteiger partial charge in [0.05, 0.1) is 28.8 Å². The number of ketones is 1. The van der Waals surface area contributed by atoms with E-state index in [1.165, 1.54) is 0 Å². The average Bonchev–Trinajstić information content (AvgIpc) is 3.38. The summed E-state index contributed by atoms with van der Waals surface area (Å²) in [4.78, 5) is 70.7. The van der Waals surface area contributed by atoms with Gasteiger partial charge in [-0.3, -0.25) is 23.6 Å². The normalized spacial score (nSPS) is 25.7. The van der Waals surface area contributed by atoms with E-state index in [1.807, 2.05) is 27.7 Å². The van der Waals surface area contributed by atoms with Crippen LogP contribution in [0.3, 0.4) is 0 Å². The fourth-order valence-electron chi connectivity index (χ4n) is 9.14. The number of carbonyl (C=O) groups is 5. The summed E-state index contributed by atoms with van der Waals surface area (Å²) >= 11 is 0. The van der Waals surface area contributed by atoms with Crippen LogP contribution in [0.15, 0.2) is 0 Å². The first-order valence-corrected chi connectivity index (χ1v) is 21.7. The zero-order chi connectivity index (χ0) is 39.4. The third-order valence-corrected chi connectivity index (χ3v) is 15.6. The Hall–Kier alpha value is -2.77. The summed E-state index contributed by atoms with van der Waals surface area (Å²) in [7, 11) is -3.58. The van der Waals surface area contributed by atoms with Gasteiger partial charge in [-0.05, 0) is 94.8 Å². The van der Waals surface area contributed by atoms with Crippen molar-refractivity contribution in [1.82, 2.24) is 26.2 Å². The second kappa shape index (κ2) is 16.9. The lowest BCUT2D eigenvalue weighted by atomic mass is 9.70. The number of Topliss-reactive ketones (excluding diaryl/α,β-unsaturated/α-hetero) is 1. The quantitative estimate of drug-likeness (QED) is 0.130. The number of rotatable bonds is 16. The molecule has 12 nitrogen and oxygen atoms in total. The summed E-state index contributed by atoms with van der Waals surface area (Å²) in [5, 5.41) is 11.5. The molecule has 0 bridgehead atoms. The monoisotopic (exact) mass is 767 g/mol. The minimum absolute atomic E-state index is 0.0255. The SMILES string of the molecule is CCCNC(=O)C(=O)[C@H](CCCCF)NC(=O)[C@@H]1[C@@H]2[C@H](CN1C(=O)[C@@H](NC(=O)NC1(CS(=O)(=O)C(C)(C)C)CCCCC1)C1(C)CCCCC1)C2(C)C. The lowest BCUT2D eigenvalue weighted by Crippen LogP contribution is -2.65. The number of fused-ring (bicyclic) bond motifs is 1. The Bertz CT molecular complexity index is 1470. The minimum atomic E-state index is -3.58. The van der Waals surface area contributed by atoms with Gasteiger partial charge in [0, 0.05) is 13.1 Å². The van der Waals surface area contributed by atoms with Crippen LogP contribution in [-0.2, 0) is 29.0 Å². The van der Waals surface area contributed by atoms with Crippen molar-refractivity contribution in [2.24, 2.45) is 22.7 Å². The van der Waals surface area contributed by atoms with Gasteiger partial charge in [-0.1, -0.05) is 66.2 Å². The highest BCUT2D eigenvalue weighted by molar-refractivity contribution is 7.92. The minimum Gasteiger partial charge on any atom is -0.349 e. The molecule has 0 aromatic carbocycles. The maximum absolute atomic E-state index is 14.9. The van der Waals surface area contributed by atoms with Gasteiger partial charge >= 0.3 is 6.03 Å². The van der Waals surface area contributed by atoms with E-state index in [9.17, 15) is 36.8 Å². The van der Waals surface area contributed by atoms with Gasteiger partial charge in [0.2, 0.25) is 17.6 Å². The van der Waals surface area contributed by atoms with Gasteiger partial charge < -0.3 is 26.2 Å². The number of nitrogens with one attached hydrogen (secondary N) is 4. The predicted molar refractivity (Wildman–Crippen MR) is 202 cm³/mol. The van der Waals surface area contributed by atoms with Gasteiger partial charge in [0.1, 0.15) is 12.1 Å². The van der Waals surface area contributed by atoms with E-state index < -0.39 is 74.0 Å². The van der Waals surface area contributed by atoms with Crippen molar-refractivity contribution in [3.05, 3.63) is 0 Å². The molecule has 0 radical (unpaired) electrons. The number of urea groups is 1. The molecule has 0 aromatic heterocycles.